The fourth-order valence-electron chi connectivity index (χ4n) is 2.94. The van der Waals surface area contributed by atoms with E-state index in [-0.39, 0.29) is 48.5 Å². The average molecular weight is 507 g/mol. The Morgan fingerprint density at radius 1 is 0.649 bits per heavy atom. The molecule has 0 aromatic heterocycles. The smallest absolute Gasteiger partial charge is 0.338 e. The summed E-state index contributed by atoms with van der Waals surface area (Å²) in [6.07, 6.45) is 0.246. The normalized spacial score (nSPS) is 10.1. The van der Waals surface area contributed by atoms with Gasteiger partial charge in [0.05, 0.1) is 12.2 Å². The molecular formula is C29H30O8. The van der Waals surface area contributed by atoms with Crippen molar-refractivity contribution in [3.63, 3.8) is 0 Å². The number of rotatable bonds is 12. The van der Waals surface area contributed by atoms with E-state index < -0.39 is 23.9 Å². The second kappa shape index (κ2) is 13.6. The molecule has 0 heterocycles. The third-order valence-corrected chi connectivity index (χ3v) is 4.92. The van der Waals surface area contributed by atoms with Gasteiger partial charge in [-0.3, -0.25) is 0 Å². The van der Waals surface area contributed by atoms with E-state index >= 15 is 0 Å². The van der Waals surface area contributed by atoms with Crippen molar-refractivity contribution < 1.29 is 38.1 Å². The van der Waals surface area contributed by atoms with Gasteiger partial charge in [0, 0.05) is 23.1 Å². The summed E-state index contributed by atoms with van der Waals surface area (Å²) >= 11 is 0. The highest BCUT2D eigenvalue weighted by Crippen LogP contribution is 2.26. The molecule has 37 heavy (non-hydrogen) atoms. The van der Waals surface area contributed by atoms with Gasteiger partial charge in [-0.25, -0.2) is 19.2 Å². The molecule has 0 aliphatic carbocycles. The monoisotopic (exact) mass is 506 g/mol. The quantitative estimate of drug-likeness (QED) is 0.133. The SMILES string of the molecule is C=C(C)C(=O)OCCOC(=O)c1ccc(-c2ccc(OC(=O)C(=C)C)cc2)cc1CCOC(=O)C(=C)C. The van der Waals surface area contributed by atoms with Crippen LogP contribution in [-0.2, 0) is 35.0 Å². The molecule has 8 heteroatoms. The molecule has 2 aromatic rings. The van der Waals surface area contributed by atoms with Crippen LogP contribution in [0.4, 0.5) is 0 Å². The second-order valence-electron chi connectivity index (χ2n) is 8.28. The summed E-state index contributed by atoms with van der Waals surface area (Å²) in [5.41, 5.74) is 3.27. The van der Waals surface area contributed by atoms with Gasteiger partial charge in [0.25, 0.3) is 0 Å². The molecule has 2 rings (SSSR count). The minimum atomic E-state index is -0.610. The molecule has 0 fully saturated rings. The molecule has 2 aromatic carbocycles. The largest absolute Gasteiger partial charge is 0.462 e. The maximum atomic E-state index is 12.7. The standard InChI is InChI=1S/C29H30O8/c1-18(2)26(30)34-14-13-23-17-22(21-7-10-24(11-8-21)37-28(32)20(5)6)9-12-25(23)29(33)36-16-15-35-27(31)19(3)4/h7-12,17H,1,3,5,13-16H2,2,4,6H3. The number of hydrogen-bond acceptors (Lipinski definition) is 8. The number of hydrogen-bond donors (Lipinski definition) is 0. The Hall–Kier alpha value is -4.46. The van der Waals surface area contributed by atoms with Crippen LogP contribution in [0.2, 0.25) is 0 Å². The maximum absolute atomic E-state index is 12.7. The Balaban J connectivity index is 2.20. The van der Waals surface area contributed by atoms with Gasteiger partial charge in [0.2, 0.25) is 0 Å². The van der Waals surface area contributed by atoms with E-state index in [2.05, 4.69) is 19.7 Å². The van der Waals surface area contributed by atoms with Crippen molar-refractivity contribution >= 4 is 23.9 Å². The van der Waals surface area contributed by atoms with Crippen LogP contribution in [0.15, 0.2) is 78.9 Å². The van der Waals surface area contributed by atoms with Gasteiger partial charge in [-0.2, -0.15) is 0 Å². The first-order chi connectivity index (χ1) is 17.5. The number of carbonyl (C=O) groups is 4. The molecule has 194 valence electrons. The molecule has 0 amide bonds. The van der Waals surface area contributed by atoms with Crippen LogP contribution in [0.5, 0.6) is 5.75 Å². The third-order valence-electron chi connectivity index (χ3n) is 4.92. The van der Waals surface area contributed by atoms with Gasteiger partial charge in [-0.1, -0.05) is 44.0 Å². The van der Waals surface area contributed by atoms with E-state index in [0.29, 0.717) is 11.3 Å². The fourth-order valence-corrected chi connectivity index (χ4v) is 2.94. The van der Waals surface area contributed by atoms with Crippen LogP contribution in [0.25, 0.3) is 11.1 Å². The molecular weight excluding hydrogens is 476 g/mol. The van der Waals surface area contributed by atoms with Crippen LogP contribution in [-0.4, -0.2) is 43.7 Å². The Morgan fingerprint density at radius 3 is 1.73 bits per heavy atom. The molecule has 0 atom stereocenters. The summed E-state index contributed by atoms with van der Waals surface area (Å²) in [4.78, 5) is 47.7. The lowest BCUT2D eigenvalue weighted by atomic mass is 9.97. The van der Waals surface area contributed by atoms with Crippen molar-refractivity contribution in [2.45, 2.75) is 27.2 Å². The summed E-state index contributed by atoms with van der Waals surface area (Å²) in [6.45, 7) is 15.0. The zero-order valence-corrected chi connectivity index (χ0v) is 21.3. The van der Waals surface area contributed by atoms with Crippen molar-refractivity contribution in [2.75, 3.05) is 19.8 Å². The summed E-state index contributed by atoms with van der Waals surface area (Å²) in [7, 11) is 0. The van der Waals surface area contributed by atoms with E-state index in [9.17, 15) is 19.2 Å². The molecule has 0 saturated heterocycles. The molecule has 0 saturated carbocycles. The van der Waals surface area contributed by atoms with Crippen molar-refractivity contribution in [3.8, 4) is 16.9 Å². The van der Waals surface area contributed by atoms with Crippen molar-refractivity contribution in [1.29, 1.82) is 0 Å². The van der Waals surface area contributed by atoms with Crippen LogP contribution in [0.1, 0.15) is 36.7 Å². The molecule has 0 radical (unpaired) electrons. The Bertz CT molecular complexity index is 1220. The fraction of sp³-hybridized carbons (Fsp3) is 0.241. The average Bonchev–Trinajstić information content (AvgIpc) is 2.86. The first-order valence-electron chi connectivity index (χ1n) is 11.4. The molecule has 0 aliphatic heterocycles. The highest BCUT2D eigenvalue weighted by molar-refractivity contribution is 5.92. The lowest BCUT2D eigenvalue weighted by Crippen LogP contribution is -2.16. The summed E-state index contributed by atoms with van der Waals surface area (Å²) < 4.78 is 20.6. The van der Waals surface area contributed by atoms with E-state index in [1.165, 1.54) is 6.92 Å². The number of esters is 4. The second-order valence-corrected chi connectivity index (χ2v) is 8.28. The third kappa shape index (κ3) is 8.92. The van der Waals surface area contributed by atoms with Gasteiger partial charge in [-0.15, -0.1) is 0 Å². The molecule has 0 aliphatic rings. The van der Waals surface area contributed by atoms with Gasteiger partial charge < -0.3 is 18.9 Å². The lowest BCUT2D eigenvalue weighted by Gasteiger charge is -2.13. The van der Waals surface area contributed by atoms with Gasteiger partial charge in [0.1, 0.15) is 19.0 Å². The Morgan fingerprint density at radius 2 is 1.16 bits per heavy atom. The highest BCUT2D eigenvalue weighted by Gasteiger charge is 2.16. The summed E-state index contributed by atoms with van der Waals surface area (Å²) in [5, 5.41) is 0. The first-order valence-corrected chi connectivity index (χ1v) is 11.4. The predicted octanol–water partition coefficient (Wildman–Crippen LogP) is 4.77. The zero-order chi connectivity index (χ0) is 27.5. The Kier molecular flexibility index (Phi) is 10.6. The Labute approximate surface area is 216 Å². The van der Waals surface area contributed by atoms with Crippen LogP contribution in [0, 0.1) is 0 Å². The number of ether oxygens (including phenoxy) is 4. The molecule has 0 N–H and O–H groups in total. The molecule has 0 spiro atoms. The van der Waals surface area contributed by atoms with Crippen molar-refractivity contribution in [2.24, 2.45) is 0 Å². The molecule has 8 nitrogen and oxygen atoms in total. The highest BCUT2D eigenvalue weighted by atomic mass is 16.6. The van der Waals surface area contributed by atoms with E-state index in [0.717, 1.165) is 11.1 Å². The molecule has 0 unspecified atom stereocenters. The first kappa shape index (κ1) is 28.8. The number of carbonyl (C=O) groups excluding carboxylic acids is 4. The topological polar surface area (TPSA) is 105 Å². The maximum Gasteiger partial charge on any atom is 0.338 e. The summed E-state index contributed by atoms with van der Waals surface area (Å²) in [5.74, 6) is -1.85. The summed E-state index contributed by atoms with van der Waals surface area (Å²) in [6, 6.07) is 12.0. The minimum Gasteiger partial charge on any atom is -0.462 e. The van der Waals surface area contributed by atoms with Crippen LogP contribution < -0.4 is 4.74 Å². The van der Waals surface area contributed by atoms with Crippen molar-refractivity contribution in [3.05, 3.63) is 90.0 Å². The van der Waals surface area contributed by atoms with E-state index in [1.54, 1.807) is 56.3 Å². The van der Waals surface area contributed by atoms with Crippen LogP contribution >= 0.6 is 0 Å². The van der Waals surface area contributed by atoms with E-state index in [4.69, 9.17) is 18.9 Å². The zero-order valence-electron chi connectivity index (χ0n) is 21.3. The van der Waals surface area contributed by atoms with E-state index in [1.807, 2.05) is 0 Å². The molecule has 0 bridgehead atoms. The lowest BCUT2D eigenvalue weighted by molar-refractivity contribution is -0.140. The van der Waals surface area contributed by atoms with Gasteiger partial charge in [0.15, 0.2) is 0 Å². The van der Waals surface area contributed by atoms with Crippen molar-refractivity contribution in [1.82, 2.24) is 0 Å². The minimum absolute atomic E-state index is 0.0292. The number of benzene rings is 2. The van der Waals surface area contributed by atoms with Gasteiger partial charge >= 0.3 is 23.9 Å². The van der Waals surface area contributed by atoms with Gasteiger partial charge in [-0.05, 0) is 55.7 Å². The van der Waals surface area contributed by atoms with Crippen LogP contribution in [0.3, 0.4) is 0 Å². The predicted molar refractivity (Wildman–Crippen MR) is 138 cm³/mol.